The predicted octanol–water partition coefficient (Wildman–Crippen LogP) is 3.45. The molecule has 0 saturated carbocycles. The van der Waals surface area contributed by atoms with Crippen LogP contribution in [0.25, 0.3) is 5.69 Å². The maximum atomic E-state index is 14.1. The number of ether oxygens (including phenoxy) is 1. The molecule has 0 atom stereocenters. The summed E-state index contributed by atoms with van der Waals surface area (Å²) in [4.78, 5) is 24.0. The van der Waals surface area contributed by atoms with Gasteiger partial charge in [-0.3, -0.25) is 0 Å². The number of hydrogen-bond acceptors (Lipinski definition) is 4. The van der Waals surface area contributed by atoms with Crippen molar-refractivity contribution in [3.63, 3.8) is 0 Å². The zero-order valence-corrected chi connectivity index (χ0v) is 16.9. The minimum absolute atomic E-state index is 0.0145. The summed E-state index contributed by atoms with van der Waals surface area (Å²) in [6, 6.07) is 1.72. The highest BCUT2D eigenvalue weighted by molar-refractivity contribution is 9.10. The first-order valence-electron chi connectivity index (χ1n) is 8.06. The zero-order valence-electron chi connectivity index (χ0n) is 15.3. The van der Waals surface area contributed by atoms with E-state index in [4.69, 9.17) is 4.74 Å². The number of nitrogens with one attached hydrogen (secondary N) is 1. The van der Waals surface area contributed by atoms with Gasteiger partial charge in [-0.15, -0.1) is 0 Å². The van der Waals surface area contributed by atoms with Crippen LogP contribution < -0.4 is 11.0 Å². The Morgan fingerprint density at radius 3 is 2.61 bits per heavy atom. The molecule has 1 N–H and O–H groups in total. The van der Waals surface area contributed by atoms with Crippen LogP contribution in [-0.2, 0) is 11.3 Å². The molecule has 2 aromatic rings. The van der Waals surface area contributed by atoms with Crippen molar-refractivity contribution >= 4 is 22.0 Å². The first-order valence-corrected chi connectivity index (χ1v) is 8.85. The Balaban J connectivity index is 2.14. The Hall–Kier alpha value is -2.56. The van der Waals surface area contributed by atoms with Gasteiger partial charge in [-0.05, 0) is 48.3 Å². The molecule has 0 radical (unpaired) electrons. The third kappa shape index (κ3) is 5.47. The first kappa shape index (κ1) is 21.7. The molecule has 0 saturated heterocycles. The Bertz CT molecular complexity index is 964. The van der Waals surface area contributed by atoms with E-state index in [1.54, 1.807) is 20.8 Å². The van der Waals surface area contributed by atoms with Crippen molar-refractivity contribution in [3.05, 3.63) is 57.0 Å². The fourth-order valence-corrected chi connectivity index (χ4v) is 2.44. The molecule has 11 heteroatoms. The molecule has 0 aliphatic carbocycles. The van der Waals surface area contributed by atoms with Crippen molar-refractivity contribution in [3.8, 4) is 5.69 Å². The highest BCUT2D eigenvalue weighted by Crippen LogP contribution is 2.21. The molecule has 0 spiro atoms. The van der Waals surface area contributed by atoms with Crippen molar-refractivity contribution < 1.29 is 22.7 Å². The van der Waals surface area contributed by atoms with Crippen molar-refractivity contribution in [2.45, 2.75) is 32.9 Å². The summed E-state index contributed by atoms with van der Waals surface area (Å²) in [5, 5.41) is 6.13. The number of amides is 1. The molecule has 152 valence electrons. The molecule has 0 aliphatic rings. The lowest BCUT2D eigenvalue weighted by atomic mass is 10.2. The van der Waals surface area contributed by atoms with Crippen molar-refractivity contribution in [2.75, 3.05) is 6.54 Å². The molecule has 0 aliphatic heterocycles. The summed E-state index contributed by atoms with van der Waals surface area (Å²) in [5.41, 5.74) is -1.85. The summed E-state index contributed by atoms with van der Waals surface area (Å²) in [6.07, 6.45) is 0.464. The number of alkyl carbamates (subject to hydrolysis) is 1. The number of rotatable bonds is 5. The SMILES string of the molecule is CC(C)(C)OC(=O)NC/C(=C\F)Cn1ncn(-c2cc(F)c(Br)cc2F)c1=O. The molecule has 0 fully saturated rings. The topological polar surface area (TPSA) is 78.2 Å². The molecule has 1 heterocycles. The van der Waals surface area contributed by atoms with Gasteiger partial charge in [0.05, 0.1) is 23.0 Å². The van der Waals surface area contributed by atoms with Gasteiger partial charge in [0, 0.05) is 12.6 Å². The van der Waals surface area contributed by atoms with Gasteiger partial charge < -0.3 is 10.1 Å². The molecule has 1 aromatic heterocycles. The number of carbonyl (C=O) groups excluding carboxylic acids is 1. The summed E-state index contributed by atoms with van der Waals surface area (Å²) >= 11 is 2.85. The lowest BCUT2D eigenvalue weighted by Gasteiger charge is -2.19. The Morgan fingerprint density at radius 1 is 1.32 bits per heavy atom. The van der Waals surface area contributed by atoms with Crippen LogP contribution in [0.5, 0.6) is 0 Å². The van der Waals surface area contributed by atoms with Crippen molar-refractivity contribution in [2.24, 2.45) is 0 Å². The molecule has 1 aromatic carbocycles. The largest absolute Gasteiger partial charge is 0.444 e. The van der Waals surface area contributed by atoms with Crippen LogP contribution in [0.3, 0.4) is 0 Å². The van der Waals surface area contributed by atoms with Gasteiger partial charge in [0.25, 0.3) is 0 Å². The summed E-state index contributed by atoms with van der Waals surface area (Å²) in [5.74, 6) is -1.61. The summed E-state index contributed by atoms with van der Waals surface area (Å²) in [6.45, 7) is 4.49. The lowest BCUT2D eigenvalue weighted by Crippen LogP contribution is -2.34. The molecule has 1 amide bonds. The second-order valence-electron chi connectivity index (χ2n) is 6.78. The van der Waals surface area contributed by atoms with Crippen LogP contribution in [-0.4, -0.2) is 32.6 Å². The van der Waals surface area contributed by atoms with Gasteiger partial charge in [0.15, 0.2) is 0 Å². The van der Waals surface area contributed by atoms with Crippen molar-refractivity contribution in [1.29, 1.82) is 0 Å². The number of hydrogen-bond donors (Lipinski definition) is 1. The third-order valence-electron chi connectivity index (χ3n) is 3.35. The molecular formula is C17H18BrF3N4O3. The van der Waals surface area contributed by atoms with Gasteiger partial charge in [-0.1, -0.05) is 0 Å². The molecule has 0 unspecified atom stereocenters. The van der Waals surface area contributed by atoms with E-state index in [0.29, 0.717) is 0 Å². The van der Waals surface area contributed by atoms with Crippen LogP contribution in [0, 0.1) is 11.6 Å². The van der Waals surface area contributed by atoms with Gasteiger partial charge in [0.1, 0.15) is 23.6 Å². The van der Waals surface area contributed by atoms with Gasteiger partial charge in [0.2, 0.25) is 0 Å². The normalized spacial score (nSPS) is 12.2. The number of carbonyl (C=O) groups is 1. The van der Waals surface area contributed by atoms with Crippen LogP contribution in [0.1, 0.15) is 20.8 Å². The highest BCUT2D eigenvalue weighted by atomic mass is 79.9. The zero-order chi connectivity index (χ0) is 21.1. The maximum Gasteiger partial charge on any atom is 0.407 e. The standard InChI is InChI=1S/C17H18BrF3N4O3/c1-17(2,3)28-15(26)22-7-10(6-19)8-25-16(27)24(9-23-25)14-5-12(20)11(18)4-13(14)21/h4-6,9H,7-8H2,1-3H3,(H,22,26)/b10-6+. The monoisotopic (exact) mass is 462 g/mol. The molecule has 28 heavy (non-hydrogen) atoms. The quantitative estimate of drug-likeness (QED) is 0.690. The van der Waals surface area contributed by atoms with E-state index in [0.717, 1.165) is 27.7 Å². The smallest absolute Gasteiger partial charge is 0.407 e. The van der Waals surface area contributed by atoms with Crippen LogP contribution >= 0.6 is 15.9 Å². The third-order valence-corrected chi connectivity index (χ3v) is 3.96. The highest BCUT2D eigenvalue weighted by Gasteiger charge is 2.17. The average molecular weight is 463 g/mol. The van der Waals surface area contributed by atoms with E-state index < -0.39 is 29.0 Å². The Labute approximate surface area is 166 Å². The van der Waals surface area contributed by atoms with E-state index in [1.165, 1.54) is 0 Å². The lowest BCUT2D eigenvalue weighted by molar-refractivity contribution is 0.0532. The molecule has 0 bridgehead atoms. The second kappa shape index (κ2) is 8.63. The Kier molecular flexibility index (Phi) is 6.70. The summed E-state index contributed by atoms with van der Waals surface area (Å²) < 4.78 is 47.4. The van der Waals surface area contributed by atoms with E-state index in [-0.39, 0.29) is 35.2 Å². The van der Waals surface area contributed by atoms with Crippen LogP contribution in [0.4, 0.5) is 18.0 Å². The maximum absolute atomic E-state index is 14.1. The molecule has 7 nitrogen and oxygen atoms in total. The first-order chi connectivity index (χ1) is 13.0. The van der Waals surface area contributed by atoms with Gasteiger partial charge in [-0.2, -0.15) is 5.10 Å². The van der Waals surface area contributed by atoms with E-state index in [1.807, 2.05) is 0 Å². The molecular weight excluding hydrogens is 445 g/mol. The molecule has 2 rings (SSSR count). The van der Waals surface area contributed by atoms with Crippen LogP contribution in [0.15, 0.2) is 39.6 Å². The average Bonchev–Trinajstić information content (AvgIpc) is 2.93. The van der Waals surface area contributed by atoms with Gasteiger partial charge in [-0.25, -0.2) is 32.0 Å². The van der Waals surface area contributed by atoms with E-state index >= 15 is 0 Å². The van der Waals surface area contributed by atoms with Crippen molar-refractivity contribution in [1.82, 2.24) is 19.7 Å². The fourth-order valence-electron chi connectivity index (χ4n) is 2.13. The number of aromatic nitrogens is 3. The number of halogens is 4. The minimum atomic E-state index is -0.845. The number of nitrogens with zero attached hydrogens (tertiary/aromatic N) is 3. The fraction of sp³-hybridized carbons (Fsp3) is 0.353. The van der Waals surface area contributed by atoms with Crippen LogP contribution in [0.2, 0.25) is 0 Å². The second-order valence-corrected chi connectivity index (χ2v) is 7.64. The van der Waals surface area contributed by atoms with E-state index in [9.17, 15) is 22.8 Å². The summed E-state index contributed by atoms with van der Waals surface area (Å²) in [7, 11) is 0. The van der Waals surface area contributed by atoms with E-state index in [2.05, 4.69) is 26.3 Å². The Morgan fingerprint density at radius 2 is 2.00 bits per heavy atom. The minimum Gasteiger partial charge on any atom is -0.444 e. The predicted molar refractivity (Wildman–Crippen MR) is 98.9 cm³/mol. The van der Waals surface area contributed by atoms with Gasteiger partial charge >= 0.3 is 11.8 Å². The number of benzene rings is 1.